The highest BCUT2D eigenvalue weighted by molar-refractivity contribution is 7.91. The molecule has 1 aromatic carbocycles. The van der Waals surface area contributed by atoms with E-state index in [1.165, 1.54) is 0 Å². The molecule has 5 nitrogen and oxygen atoms in total. The van der Waals surface area contributed by atoms with Gasteiger partial charge in [0.15, 0.2) is 9.84 Å². The number of nitrogens with zero attached hydrogens (tertiary/aromatic N) is 1. The molecule has 0 heterocycles. The average molecular weight is 341 g/mol. The molecule has 0 aliphatic rings. The average Bonchev–Trinajstić information content (AvgIpc) is 2.44. The van der Waals surface area contributed by atoms with Gasteiger partial charge in [-0.3, -0.25) is 9.69 Å². The standard InChI is InChI=1S/C17H27NO4S/c1-5-10-18(13-16(19)20)11-12-23(21,22)15-8-6-14(7-9-15)17(2,3)4/h6-9H,5,10-13H2,1-4H3,(H,19,20). The molecule has 0 aliphatic heterocycles. The van der Waals surface area contributed by atoms with Gasteiger partial charge in [-0.05, 0) is 36.1 Å². The van der Waals surface area contributed by atoms with E-state index >= 15 is 0 Å². The number of hydrogen-bond acceptors (Lipinski definition) is 4. The molecule has 1 aromatic rings. The van der Waals surface area contributed by atoms with E-state index in [1.54, 1.807) is 17.0 Å². The summed E-state index contributed by atoms with van der Waals surface area (Å²) in [5.74, 6) is -1.01. The van der Waals surface area contributed by atoms with Crippen LogP contribution < -0.4 is 0 Å². The first-order valence-electron chi connectivity index (χ1n) is 7.83. The van der Waals surface area contributed by atoms with Gasteiger partial charge in [0.25, 0.3) is 0 Å². The molecule has 6 heteroatoms. The summed E-state index contributed by atoms with van der Waals surface area (Å²) in [6, 6.07) is 6.95. The molecule has 0 bridgehead atoms. The van der Waals surface area contributed by atoms with Crippen LogP contribution in [-0.2, 0) is 20.0 Å². The van der Waals surface area contributed by atoms with Crippen LogP contribution in [0.3, 0.4) is 0 Å². The molecular weight excluding hydrogens is 314 g/mol. The minimum absolute atomic E-state index is 0.0261. The zero-order valence-corrected chi connectivity index (χ0v) is 15.2. The molecule has 0 fully saturated rings. The molecular formula is C17H27NO4S. The van der Waals surface area contributed by atoms with Crippen LogP contribution in [0.2, 0.25) is 0 Å². The van der Waals surface area contributed by atoms with E-state index in [-0.39, 0.29) is 29.2 Å². The normalized spacial score (nSPS) is 12.6. The van der Waals surface area contributed by atoms with Gasteiger partial charge in [0.05, 0.1) is 17.2 Å². The summed E-state index contributed by atoms with van der Waals surface area (Å²) in [6.07, 6.45) is 0.785. The van der Waals surface area contributed by atoms with Crippen molar-refractivity contribution in [3.05, 3.63) is 29.8 Å². The number of carboxylic acid groups (broad SMARTS) is 1. The molecule has 0 saturated heterocycles. The second-order valence-corrected chi connectivity index (χ2v) is 8.87. The van der Waals surface area contributed by atoms with Crippen LogP contribution in [0.15, 0.2) is 29.2 Å². The lowest BCUT2D eigenvalue weighted by molar-refractivity contribution is -0.138. The quantitative estimate of drug-likeness (QED) is 0.786. The molecule has 0 unspecified atom stereocenters. The van der Waals surface area contributed by atoms with Crippen molar-refractivity contribution in [3.8, 4) is 0 Å². The van der Waals surface area contributed by atoms with E-state index in [0.29, 0.717) is 6.54 Å². The molecule has 0 radical (unpaired) electrons. The van der Waals surface area contributed by atoms with Crippen LogP contribution in [0.1, 0.15) is 39.7 Å². The monoisotopic (exact) mass is 341 g/mol. The van der Waals surface area contributed by atoms with Crippen molar-refractivity contribution < 1.29 is 18.3 Å². The van der Waals surface area contributed by atoms with Crippen LogP contribution in [0.5, 0.6) is 0 Å². The fourth-order valence-electron chi connectivity index (χ4n) is 2.31. The second-order valence-electron chi connectivity index (χ2n) is 6.76. The van der Waals surface area contributed by atoms with Gasteiger partial charge in [0, 0.05) is 6.54 Å². The fourth-order valence-corrected chi connectivity index (χ4v) is 3.59. The number of carbonyl (C=O) groups is 1. The Morgan fingerprint density at radius 2 is 1.70 bits per heavy atom. The van der Waals surface area contributed by atoms with Gasteiger partial charge in [-0.15, -0.1) is 0 Å². The lowest BCUT2D eigenvalue weighted by Crippen LogP contribution is -2.34. The molecule has 0 aliphatic carbocycles. The van der Waals surface area contributed by atoms with Crippen LogP contribution in [-0.4, -0.2) is 49.8 Å². The highest BCUT2D eigenvalue weighted by atomic mass is 32.2. The van der Waals surface area contributed by atoms with Gasteiger partial charge in [0.1, 0.15) is 0 Å². The van der Waals surface area contributed by atoms with Gasteiger partial charge < -0.3 is 5.11 Å². The Kier molecular flexibility index (Phi) is 6.77. The Morgan fingerprint density at radius 1 is 1.13 bits per heavy atom. The Labute approximate surface area is 139 Å². The Bertz CT molecular complexity index is 615. The number of benzene rings is 1. The molecule has 1 rings (SSSR count). The second kappa shape index (κ2) is 7.93. The predicted octanol–water partition coefficient (Wildman–Crippen LogP) is 2.55. The SMILES string of the molecule is CCCN(CCS(=O)(=O)c1ccc(C(C)(C)C)cc1)CC(=O)O. The third kappa shape index (κ3) is 6.31. The zero-order valence-electron chi connectivity index (χ0n) is 14.4. The molecule has 0 amide bonds. The number of hydrogen-bond donors (Lipinski definition) is 1. The van der Waals surface area contributed by atoms with Crippen molar-refractivity contribution in [2.24, 2.45) is 0 Å². The van der Waals surface area contributed by atoms with Crippen molar-refractivity contribution >= 4 is 15.8 Å². The lowest BCUT2D eigenvalue weighted by atomic mass is 9.87. The van der Waals surface area contributed by atoms with E-state index in [2.05, 4.69) is 20.8 Å². The van der Waals surface area contributed by atoms with E-state index in [4.69, 9.17) is 5.11 Å². The number of aliphatic carboxylic acids is 1. The van der Waals surface area contributed by atoms with E-state index in [1.807, 2.05) is 19.1 Å². The maximum Gasteiger partial charge on any atom is 0.317 e. The van der Waals surface area contributed by atoms with Crippen molar-refractivity contribution in [3.63, 3.8) is 0 Å². The number of carboxylic acids is 1. The lowest BCUT2D eigenvalue weighted by Gasteiger charge is -2.20. The highest BCUT2D eigenvalue weighted by Crippen LogP contribution is 2.23. The summed E-state index contributed by atoms with van der Waals surface area (Å²) < 4.78 is 24.8. The van der Waals surface area contributed by atoms with Gasteiger partial charge in [-0.25, -0.2) is 8.42 Å². The maximum atomic E-state index is 12.4. The van der Waals surface area contributed by atoms with E-state index < -0.39 is 15.8 Å². The minimum Gasteiger partial charge on any atom is -0.480 e. The molecule has 23 heavy (non-hydrogen) atoms. The first-order chi connectivity index (χ1) is 10.6. The van der Waals surface area contributed by atoms with Crippen molar-refractivity contribution in [1.29, 1.82) is 0 Å². The van der Waals surface area contributed by atoms with Crippen molar-refractivity contribution in [2.45, 2.75) is 44.4 Å². The molecule has 130 valence electrons. The van der Waals surface area contributed by atoms with Crippen LogP contribution in [0, 0.1) is 0 Å². The van der Waals surface area contributed by atoms with Crippen LogP contribution in [0.4, 0.5) is 0 Å². The van der Waals surface area contributed by atoms with Crippen LogP contribution >= 0.6 is 0 Å². The van der Waals surface area contributed by atoms with Gasteiger partial charge >= 0.3 is 5.97 Å². The largest absolute Gasteiger partial charge is 0.480 e. The number of sulfone groups is 1. The smallest absolute Gasteiger partial charge is 0.317 e. The molecule has 1 N–H and O–H groups in total. The first kappa shape index (κ1) is 19.6. The number of rotatable bonds is 8. The van der Waals surface area contributed by atoms with Crippen molar-refractivity contribution in [1.82, 2.24) is 4.90 Å². The van der Waals surface area contributed by atoms with Gasteiger partial charge in [-0.2, -0.15) is 0 Å². The third-order valence-corrected chi connectivity index (χ3v) is 5.36. The van der Waals surface area contributed by atoms with Gasteiger partial charge in [0.2, 0.25) is 0 Å². The summed E-state index contributed by atoms with van der Waals surface area (Å²) in [4.78, 5) is 12.8. The Morgan fingerprint density at radius 3 is 2.13 bits per heavy atom. The van der Waals surface area contributed by atoms with Crippen molar-refractivity contribution in [2.75, 3.05) is 25.4 Å². The third-order valence-electron chi connectivity index (χ3n) is 3.65. The highest BCUT2D eigenvalue weighted by Gasteiger charge is 2.19. The Balaban J connectivity index is 2.80. The molecule has 0 atom stereocenters. The zero-order chi connectivity index (χ0) is 17.7. The summed E-state index contributed by atoms with van der Waals surface area (Å²) >= 11 is 0. The van der Waals surface area contributed by atoms with Gasteiger partial charge in [-0.1, -0.05) is 39.8 Å². The fraction of sp³-hybridized carbons (Fsp3) is 0.588. The minimum atomic E-state index is -3.41. The first-order valence-corrected chi connectivity index (χ1v) is 9.49. The summed E-state index contributed by atoms with van der Waals surface area (Å²) in [5, 5.41) is 8.87. The maximum absolute atomic E-state index is 12.4. The molecule has 0 aromatic heterocycles. The van der Waals surface area contributed by atoms with E-state index in [0.717, 1.165) is 12.0 Å². The van der Waals surface area contributed by atoms with Crippen LogP contribution in [0.25, 0.3) is 0 Å². The predicted molar refractivity (Wildman–Crippen MR) is 91.6 cm³/mol. The molecule has 0 saturated carbocycles. The Hall–Kier alpha value is -1.40. The topological polar surface area (TPSA) is 74.7 Å². The summed E-state index contributed by atoms with van der Waals surface area (Å²) in [5.41, 5.74) is 1.05. The summed E-state index contributed by atoms with van der Waals surface area (Å²) in [7, 11) is -3.41. The molecule has 0 spiro atoms. The summed E-state index contributed by atoms with van der Waals surface area (Å²) in [6.45, 7) is 8.83. The van der Waals surface area contributed by atoms with E-state index in [9.17, 15) is 13.2 Å².